The van der Waals surface area contributed by atoms with Crippen molar-refractivity contribution in [2.24, 2.45) is 0 Å². The number of para-hydroxylation sites is 2. The second kappa shape index (κ2) is 8.80. The van der Waals surface area contributed by atoms with Crippen LogP contribution in [0.5, 0.6) is 5.75 Å². The van der Waals surface area contributed by atoms with Gasteiger partial charge in [0.2, 0.25) is 0 Å². The van der Waals surface area contributed by atoms with E-state index in [0.717, 1.165) is 30.1 Å². The molecule has 0 unspecified atom stereocenters. The van der Waals surface area contributed by atoms with Gasteiger partial charge in [0, 0.05) is 32.7 Å². The smallest absolute Gasteiger partial charge is 0.317 e. The van der Waals surface area contributed by atoms with Gasteiger partial charge >= 0.3 is 6.03 Å². The summed E-state index contributed by atoms with van der Waals surface area (Å²) in [5.74, 6) is 0.907. The van der Waals surface area contributed by atoms with E-state index >= 15 is 0 Å². The van der Waals surface area contributed by atoms with Crippen LogP contribution in [0.15, 0.2) is 48.5 Å². The van der Waals surface area contributed by atoms with Crippen LogP contribution < -0.4 is 15.0 Å². The molecule has 5 heteroatoms. The molecule has 0 bridgehead atoms. The summed E-state index contributed by atoms with van der Waals surface area (Å²) >= 11 is 0. The van der Waals surface area contributed by atoms with E-state index in [0.29, 0.717) is 19.6 Å². The zero-order valence-corrected chi connectivity index (χ0v) is 16.4. The highest BCUT2D eigenvalue weighted by Gasteiger charge is 2.23. The van der Waals surface area contributed by atoms with Gasteiger partial charge in [0.15, 0.2) is 0 Å². The third-order valence-corrected chi connectivity index (χ3v) is 4.70. The molecule has 1 saturated heterocycles. The lowest BCUT2D eigenvalue weighted by atomic mass is 10.1. The summed E-state index contributed by atoms with van der Waals surface area (Å²) in [4.78, 5) is 16.6. The van der Waals surface area contributed by atoms with Crippen molar-refractivity contribution >= 4 is 11.7 Å². The van der Waals surface area contributed by atoms with Crippen molar-refractivity contribution in [1.82, 2.24) is 10.2 Å². The van der Waals surface area contributed by atoms with Gasteiger partial charge in [-0.3, -0.25) is 0 Å². The normalized spacial score (nSPS) is 14.4. The highest BCUT2D eigenvalue weighted by molar-refractivity contribution is 5.74. The van der Waals surface area contributed by atoms with Crippen LogP contribution >= 0.6 is 0 Å². The van der Waals surface area contributed by atoms with Crippen LogP contribution in [-0.2, 0) is 6.54 Å². The predicted octanol–water partition coefficient (Wildman–Crippen LogP) is 3.81. The Balaban J connectivity index is 1.53. The number of rotatable bonds is 5. The second-order valence-electron chi connectivity index (χ2n) is 7.25. The first kappa shape index (κ1) is 19.1. The van der Waals surface area contributed by atoms with Gasteiger partial charge in [0.1, 0.15) is 5.75 Å². The lowest BCUT2D eigenvalue weighted by molar-refractivity contribution is 0.193. The van der Waals surface area contributed by atoms with Gasteiger partial charge < -0.3 is 19.9 Å². The second-order valence-corrected chi connectivity index (χ2v) is 7.25. The van der Waals surface area contributed by atoms with E-state index in [2.05, 4.69) is 47.5 Å². The average Bonchev–Trinajstić information content (AvgIpc) is 2.67. The largest absolute Gasteiger partial charge is 0.489 e. The fourth-order valence-electron chi connectivity index (χ4n) is 3.22. The molecule has 2 aromatic carbocycles. The quantitative estimate of drug-likeness (QED) is 0.874. The van der Waals surface area contributed by atoms with E-state index in [4.69, 9.17) is 4.74 Å². The van der Waals surface area contributed by atoms with Gasteiger partial charge in [-0.2, -0.15) is 0 Å². The molecule has 0 saturated carbocycles. The third kappa shape index (κ3) is 5.16. The number of aryl methyl sites for hydroxylation is 1. The monoisotopic (exact) mass is 367 g/mol. The number of hydrogen-bond acceptors (Lipinski definition) is 3. The number of hydrogen-bond donors (Lipinski definition) is 1. The number of amides is 2. The standard InChI is InChI=1S/C22H29N3O2/c1-17(2)27-21-7-5-4-6-20(21)24-12-14-25(15-13-24)22(26)23-16-19-10-8-18(3)9-11-19/h4-11,17H,12-16H2,1-3H3,(H,23,26). The van der Waals surface area contributed by atoms with Crippen molar-refractivity contribution in [3.63, 3.8) is 0 Å². The maximum Gasteiger partial charge on any atom is 0.317 e. The summed E-state index contributed by atoms with van der Waals surface area (Å²) in [5.41, 5.74) is 3.45. The maximum absolute atomic E-state index is 12.5. The Bertz CT molecular complexity index is 750. The van der Waals surface area contributed by atoms with Crippen LogP contribution in [0.3, 0.4) is 0 Å². The Morgan fingerprint density at radius 1 is 1.04 bits per heavy atom. The highest BCUT2D eigenvalue weighted by atomic mass is 16.5. The van der Waals surface area contributed by atoms with Gasteiger partial charge in [-0.15, -0.1) is 0 Å². The van der Waals surface area contributed by atoms with Crippen molar-refractivity contribution in [3.8, 4) is 5.75 Å². The van der Waals surface area contributed by atoms with Crippen LogP contribution in [-0.4, -0.2) is 43.2 Å². The molecule has 0 aromatic heterocycles. The number of piperazine rings is 1. The Morgan fingerprint density at radius 2 is 1.70 bits per heavy atom. The summed E-state index contributed by atoms with van der Waals surface area (Å²) in [6.45, 7) is 9.70. The Hall–Kier alpha value is -2.69. The molecule has 0 aliphatic carbocycles. The first-order chi connectivity index (χ1) is 13.0. The molecule has 2 aromatic rings. The van der Waals surface area contributed by atoms with Crippen LogP contribution in [0.2, 0.25) is 0 Å². The molecule has 1 aliphatic heterocycles. The molecule has 0 spiro atoms. The van der Waals surface area contributed by atoms with Gasteiger partial charge in [-0.05, 0) is 38.5 Å². The fraction of sp³-hybridized carbons (Fsp3) is 0.409. The lowest BCUT2D eigenvalue weighted by Gasteiger charge is -2.36. The topological polar surface area (TPSA) is 44.8 Å². The van der Waals surface area contributed by atoms with Crippen molar-refractivity contribution < 1.29 is 9.53 Å². The van der Waals surface area contributed by atoms with Crippen molar-refractivity contribution in [2.45, 2.75) is 33.4 Å². The van der Waals surface area contributed by atoms with E-state index in [-0.39, 0.29) is 12.1 Å². The first-order valence-electron chi connectivity index (χ1n) is 9.62. The first-order valence-corrected chi connectivity index (χ1v) is 9.62. The molecule has 27 heavy (non-hydrogen) atoms. The molecule has 3 rings (SSSR count). The number of benzene rings is 2. The molecule has 144 valence electrons. The number of nitrogens with one attached hydrogen (secondary N) is 1. The van der Waals surface area contributed by atoms with Crippen molar-refractivity contribution in [3.05, 3.63) is 59.7 Å². The summed E-state index contributed by atoms with van der Waals surface area (Å²) in [6, 6.07) is 16.4. The number of urea groups is 1. The summed E-state index contributed by atoms with van der Waals surface area (Å²) in [7, 11) is 0. The van der Waals surface area contributed by atoms with E-state index in [1.54, 1.807) is 0 Å². The minimum absolute atomic E-state index is 0.00180. The van der Waals surface area contributed by atoms with E-state index < -0.39 is 0 Å². The van der Waals surface area contributed by atoms with Crippen LogP contribution in [0.1, 0.15) is 25.0 Å². The van der Waals surface area contributed by atoms with E-state index in [9.17, 15) is 4.79 Å². The Morgan fingerprint density at radius 3 is 2.37 bits per heavy atom. The molecular formula is C22H29N3O2. The van der Waals surface area contributed by atoms with Crippen LogP contribution in [0, 0.1) is 6.92 Å². The Labute approximate surface area is 161 Å². The maximum atomic E-state index is 12.5. The molecule has 1 N–H and O–H groups in total. The van der Waals surface area contributed by atoms with Crippen molar-refractivity contribution in [2.75, 3.05) is 31.1 Å². The lowest BCUT2D eigenvalue weighted by Crippen LogP contribution is -2.51. The molecule has 1 fully saturated rings. The van der Waals surface area contributed by atoms with E-state index in [1.165, 1.54) is 5.56 Å². The molecule has 5 nitrogen and oxygen atoms in total. The molecule has 0 atom stereocenters. The number of carbonyl (C=O) groups is 1. The predicted molar refractivity (Wildman–Crippen MR) is 109 cm³/mol. The summed E-state index contributed by atoms with van der Waals surface area (Å²) in [5, 5.41) is 3.02. The number of anilines is 1. The summed E-state index contributed by atoms with van der Waals surface area (Å²) in [6.07, 6.45) is 0.139. The molecular weight excluding hydrogens is 338 g/mol. The minimum Gasteiger partial charge on any atom is -0.489 e. The van der Waals surface area contributed by atoms with Gasteiger partial charge in [0.25, 0.3) is 0 Å². The zero-order valence-electron chi connectivity index (χ0n) is 16.4. The molecule has 0 radical (unpaired) electrons. The van der Waals surface area contributed by atoms with Gasteiger partial charge in [0.05, 0.1) is 11.8 Å². The highest BCUT2D eigenvalue weighted by Crippen LogP contribution is 2.29. The Kier molecular flexibility index (Phi) is 6.22. The van der Waals surface area contributed by atoms with Gasteiger partial charge in [-0.25, -0.2) is 4.79 Å². The molecule has 2 amide bonds. The van der Waals surface area contributed by atoms with Crippen LogP contribution in [0.25, 0.3) is 0 Å². The SMILES string of the molecule is Cc1ccc(CNC(=O)N2CCN(c3ccccc3OC(C)C)CC2)cc1. The van der Waals surface area contributed by atoms with Crippen molar-refractivity contribution in [1.29, 1.82) is 0 Å². The average molecular weight is 367 g/mol. The van der Waals surface area contributed by atoms with Gasteiger partial charge in [-0.1, -0.05) is 42.0 Å². The molecule has 1 aliphatic rings. The number of carbonyl (C=O) groups excluding carboxylic acids is 1. The van der Waals surface area contributed by atoms with Crippen LogP contribution in [0.4, 0.5) is 10.5 Å². The van der Waals surface area contributed by atoms with E-state index in [1.807, 2.05) is 36.9 Å². The number of nitrogens with zero attached hydrogens (tertiary/aromatic N) is 2. The third-order valence-electron chi connectivity index (χ3n) is 4.70. The fourth-order valence-corrected chi connectivity index (χ4v) is 3.22. The zero-order chi connectivity index (χ0) is 19.2. The number of ether oxygens (including phenoxy) is 1. The minimum atomic E-state index is 0.00180. The molecule has 1 heterocycles. The summed E-state index contributed by atoms with van der Waals surface area (Å²) < 4.78 is 5.93.